The van der Waals surface area contributed by atoms with Crippen LogP contribution in [0, 0.1) is 5.82 Å². The molecule has 3 amide bonds. The van der Waals surface area contributed by atoms with Gasteiger partial charge in [-0.3, -0.25) is 0 Å². The number of hydrogen-bond donors (Lipinski definition) is 1. The Balaban J connectivity index is 1.48. The summed E-state index contributed by atoms with van der Waals surface area (Å²) < 4.78 is 19.4. The normalized spacial score (nSPS) is 18.8. The molecule has 1 N–H and O–H groups in total. The third kappa shape index (κ3) is 4.70. The van der Waals surface area contributed by atoms with Crippen LogP contribution in [-0.4, -0.2) is 60.2 Å². The molecule has 27 heavy (non-hydrogen) atoms. The summed E-state index contributed by atoms with van der Waals surface area (Å²) in [5.41, 5.74) is -0.129. The van der Waals surface area contributed by atoms with Crippen LogP contribution < -0.4 is 5.32 Å². The van der Waals surface area contributed by atoms with Crippen molar-refractivity contribution in [3.05, 3.63) is 35.6 Å². The second-order valence-corrected chi connectivity index (χ2v) is 8.37. The Morgan fingerprint density at radius 1 is 1.11 bits per heavy atom. The summed E-state index contributed by atoms with van der Waals surface area (Å²) >= 11 is 0. The molecule has 2 aliphatic rings. The summed E-state index contributed by atoms with van der Waals surface area (Å²) in [6.07, 6.45) is 1.40. The maximum absolute atomic E-state index is 14.1. The average molecular weight is 377 g/mol. The third-order valence-electron chi connectivity index (χ3n) is 5.10. The number of rotatable bonds is 3. The first-order valence-corrected chi connectivity index (χ1v) is 9.46. The van der Waals surface area contributed by atoms with Gasteiger partial charge in [-0.15, -0.1) is 0 Å². The van der Waals surface area contributed by atoms with Gasteiger partial charge < -0.3 is 19.9 Å². The van der Waals surface area contributed by atoms with Gasteiger partial charge in [-0.25, -0.2) is 14.0 Å². The maximum atomic E-state index is 14.1. The highest BCUT2D eigenvalue weighted by Crippen LogP contribution is 2.48. The number of hydrogen-bond acceptors (Lipinski definition) is 3. The number of halogens is 1. The maximum Gasteiger partial charge on any atom is 0.410 e. The molecule has 6 nitrogen and oxygen atoms in total. The summed E-state index contributed by atoms with van der Waals surface area (Å²) in [5, 5.41) is 2.95. The Kier molecular flexibility index (Phi) is 5.31. The molecule has 0 unspecified atom stereocenters. The van der Waals surface area contributed by atoms with Gasteiger partial charge in [-0.1, -0.05) is 18.2 Å². The highest BCUT2D eigenvalue weighted by molar-refractivity contribution is 5.75. The zero-order valence-corrected chi connectivity index (χ0v) is 16.3. The van der Waals surface area contributed by atoms with Gasteiger partial charge in [0.25, 0.3) is 0 Å². The van der Waals surface area contributed by atoms with Crippen LogP contribution in [0.1, 0.15) is 39.2 Å². The number of nitrogens with zero attached hydrogens (tertiary/aromatic N) is 2. The Labute approximate surface area is 159 Å². The fourth-order valence-corrected chi connectivity index (χ4v) is 3.36. The molecule has 1 aromatic rings. The van der Waals surface area contributed by atoms with Crippen molar-refractivity contribution in [1.82, 2.24) is 15.1 Å². The lowest BCUT2D eigenvalue weighted by Gasteiger charge is -2.35. The van der Waals surface area contributed by atoms with E-state index in [0.717, 1.165) is 12.8 Å². The first kappa shape index (κ1) is 19.5. The van der Waals surface area contributed by atoms with Crippen molar-refractivity contribution in [3.63, 3.8) is 0 Å². The third-order valence-corrected chi connectivity index (χ3v) is 5.10. The van der Waals surface area contributed by atoms with Gasteiger partial charge >= 0.3 is 12.1 Å². The number of benzene rings is 1. The first-order valence-electron chi connectivity index (χ1n) is 9.46. The molecule has 3 rings (SSSR count). The van der Waals surface area contributed by atoms with E-state index in [1.807, 2.05) is 26.8 Å². The lowest BCUT2D eigenvalue weighted by atomic mass is 9.95. The molecule has 1 saturated carbocycles. The zero-order chi connectivity index (χ0) is 19.7. The molecule has 0 bridgehead atoms. The van der Waals surface area contributed by atoms with Crippen LogP contribution in [0.25, 0.3) is 0 Å². The van der Waals surface area contributed by atoms with Gasteiger partial charge in [0, 0.05) is 38.1 Å². The lowest BCUT2D eigenvalue weighted by molar-refractivity contribution is 0.0170. The van der Waals surface area contributed by atoms with Crippen LogP contribution in [0.4, 0.5) is 14.0 Å². The van der Waals surface area contributed by atoms with Gasteiger partial charge in [0.1, 0.15) is 11.4 Å². The van der Waals surface area contributed by atoms with E-state index in [1.54, 1.807) is 21.9 Å². The Morgan fingerprint density at radius 3 is 2.26 bits per heavy atom. The molecule has 1 saturated heterocycles. The minimum atomic E-state index is -0.531. The van der Waals surface area contributed by atoms with Crippen molar-refractivity contribution >= 4 is 12.1 Å². The second kappa shape index (κ2) is 7.37. The van der Waals surface area contributed by atoms with Crippen molar-refractivity contribution < 1.29 is 18.7 Å². The van der Waals surface area contributed by atoms with Crippen LogP contribution in [0.3, 0.4) is 0 Å². The van der Waals surface area contributed by atoms with E-state index in [-0.39, 0.29) is 23.4 Å². The summed E-state index contributed by atoms with van der Waals surface area (Å²) in [6.45, 7) is 7.73. The number of amides is 3. The van der Waals surface area contributed by atoms with Crippen LogP contribution in [-0.2, 0) is 10.2 Å². The predicted molar refractivity (Wildman–Crippen MR) is 100 cm³/mol. The molecule has 0 aromatic heterocycles. The van der Waals surface area contributed by atoms with Crippen LogP contribution in [0.15, 0.2) is 24.3 Å². The minimum absolute atomic E-state index is 0.165. The predicted octanol–water partition coefficient (Wildman–Crippen LogP) is 3.12. The zero-order valence-electron chi connectivity index (χ0n) is 16.3. The van der Waals surface area contributed by atoms with E-state index in [1.165, 1.54) is 6.07 Å². The molecule has 1 aliphatic carbocycles. The van der Waals surface area contributed by atoms with Crippen molar-refractivity contribution in [1.29, 1.82) is 0 Å². The minimum Gasteiger partial charge on any atom is -0.444 e. The van der Waals surface area contributed by atoms with Gasteiger partial charge in [-0.05, 0) is 45.2 Å². The summed E-state index contributed by atoms with van der Waals surface area (Å²) in [4.78, 5) is 27.9. The first-order chi connectivity index (χ1) is 12.7. The number of carbonyl (C=O) groups is 2. The Morgan fingerprint density at radius 2 is 1.70 bits per heavy atom. The molecule has 7 heteroatoms. The number of ether oxygens (including phenoxy) is 1. The van der Waals surface area contributed by atoms with Crippen LogP contribution in [0.5, 0.6) is 0 Å². The molecular weight excluding hydrogens is 349 g/mol. The van der Waals surface area contributed by atoms with Crippen molar-refractivity contribution in [2.24, 2.45) is 0 Å². The van der Waals surface area contributed by atoms with E-state index < -0.39 is 5.60 Å². The SMILES string of the molecule is CC(C)(C)OC(=O)N1CCN(C(=O)NCC2(c3ccccc3F)CC2)CC1. The van der Waals surface area contributed by atoms with Crippen LogP contribution >= 0.6 is 0 Å². The summed E-state index contributed by atoms with van der Waals surface area (Å²) in [6, 6.07) is 6.61. The van der Waals surface area contributed by atoms with E-state index in [0.29, 0.717) is 38.3 Å². The van der Waals surface area contributed by atoms with Gasteiger partial charge in [0.2, 0.25) is 0 Å². The molecule has 2 fully saturated rings. The average Bonchev–Trinajstić information content (AvgIpc) is 3.40. The molecular formula is C20H28FN3O3. The fourth-order valence-electron chi connectivity index (χ4n) is 3.36. The molecule has 1 aliphatic heterocycles. The largest absolute Gasteiger partial charge is 0.444 e. The topological polar surface area (TPSA) is 61.9 Å². The molecule has 0 spiro atoms. The van der Waals surface area contributed by atoms with Gasteiger partial charge in [0.05, 0.1) is 0 Å². The molecule has 1 aromatic carbocycles. The van der Waals surface area contributed by atoms with E-state index >= 15 is 0 Å². The fraction of sp³-hybridized carbons (Fsp3) is 0.600. The number of urea groups is 1. The van der Waals surface area contributed by atoms with E-state index in [9.17, 15) is 14.0 Å². The van der Waals surface area contributed by atoms with Crippen LogP contribution in [0.2, 0.25) is 0 Å². The van der Waals surface area contributed by atoms with Crippen molar-refractivity contribution in [3.8, 4) is 0 Å². The van der Waals surface area contributed by atoms with E-state index in [2.05, 4.69) is 5.32 Å². The van der Waals surface area contributed by atoms with Gasteiger partial charge in [0.15, 0.2) is 0 Å². The molecule has 0 radical (unpaired) electrons. The van der Waals surface area contributed by atoms with Gasteiger partial charge in [-0.2, -0.15) is 0 Å². The quantitative estimate of drug-likeness (QED) is 0.880. The molecule has 1 heterocycles. The summed E-state index contributed by atoms with van der Waals surface area (Å²) in [5.74, 6) is -0.213. The number of carbonyl (C=O) groups excluding carboxylic acids is 2. The van der Waals surface area contributed by atoms with Crippen molar-refractivity contribution in [2.45, 2.75) is 44.6 Å². The highest BCUT2D eigenvalue weighted by Gasteiger charge is 2.46. The van der Waals surface area contributed by atoms with Crippen molar-refractivity contribution in [2.75, 3.05) is 32.7 Å². The monoisotopic (exact) mass is 377 g/mol. The summed E-state index contributed by atoms with van der Waals surface area (Å²) in [7, 11) is 0. The van der Waals surface area contributed by atoms with E-state index in [4.69, 9.17) is 4.74 Å². The molecule has 0 atom stereocenters. The smallest absolute Gasteiger partial charge is 0.410 e. The lowest BCUT2D eigenvalue weighted by Crippen LogP contribution is -2.54. The number of piperazine rings is 1. The second-order valence-electron chi connectivity index (χ2n) is 8.37. The Hall–Kier alpha value is -2.31. The standard InChI is InChI=1S/C20H28FN3O3/c1-19(2,3)27-18(26)24-12-10-23(11-13-24)17(25)22-14-20(8-9-20)15-6-4-5-7-16(15)21/h4-7H,8-14H2,1-3H3,(H,22,25). The number of nitrogens with one attached hydrogen (secondary N) is 1. The Bertz CT molecular complexity index is 705. The molecule has 148 valence electrons. The highest BCUT2D eigenvalue weighted by atomic mass is 19.1.